The van der Waals surface area contributed by atoms with Gasteiger partial charge in [-0.1, -0.05) is 12.5 Å². The summed E-state index contributed by atoms with van der Waals surface area (Å²) in [6.45, 7) is 0.820. The summed E-state index contributed by atoms with van der Waals surface area (Å²) < 4.78 is 32.0. The summed E-state index contributed by atoms with van der Waals surface area (Å²) in [5.74, 6) is -2.41. The molecule has 0 bridgehead atoms. The van der Waals surface area contributed by atoms with Crippen LogP contribution in [0.25, 0.3) is 0 Å². The fourth-order valence-electron chi connectivity index (χ4n) is 3.44. The minimum absolute atomic E-state index is 0.0489. The van der Waals surface area contributed by atoms with Gasteiger partial charge in [0.25, 0.3) is 0 Å². The molecule has 1 aliphatic carbocycles. The summed E-state index contributed by atoms with van der Waals surface area (Å²) in [5.41, 5.74) is 1.30. The van der Waals surface area contributed by atoms with E-state index in [0.29, 0.717) is 0 Å². The zero-order valence-corrected chi connectivity index (χ0v) is 13.7. The van der Waals surface area contributed by atoms with E-state index in [2.05, 4.69) is 11.0 Å². The largest absolute Gasteiger partial charge is 0.458 e. The lowest BCUT2D eigenvalue weighted by molar-refractivity contribution is 0.00703. The van der Waals surface area contributed by atoms with Crippen molar-refractivity contribution in [2.75, 3.05) is 13.6 Å². The predicted octanol–water partition coefficient (Wildman–Crippen LogP) is 4.07. The van der Waals surface area contributed by atoms with Crippen LogP contribution in [0, 0.1) is 17.6 Å². The topological polar surface area (TPSA) is 29.5 Å². The summed E-state index contributed by atoms with van der Waals surface area (Å²) in [6, 6.07) is 3.11. The van der Waals surface area contributed by atoms with E-state index in [9.17, 15) is 13.6 Å². The van der Waals surface area contributed by atoms with Crippen LogP contribution in [0.3, 0.4) is 0 Å². The molecule has 0 unspecified atom stereocenters. The first-order valence-electron chi connectivity index (χ1n) is 8.28. The smallest absolute Gasteiger partial charge is 0.338 e. The quantitative estimate of drug-likeness (QED) is 0.781. The van der Waals surface area contributed by atoms with Crippen LogP contribution in [0.1, 0.15) is 36.0 Å². The molecule has 2 atom stereocenters. The Morgan fingerprint density at radius 3 is 2.75 bits per heavy atom. The number of ether oxygens (including phenoxy) is 1. The van der Waals surface area contributed by atoms with Gasteiger partial charge in [-0.15, -0.1) is 0 Å². The molecule has 24 heavy (non-hydrogen) atoms. The normalized spacial score (nSPS) is 23.8. The van der Waals surface area contributed by atoms with Gasteiger partial charge in [-0.2, -0.15) is 0 Å². The number of halogens is 2. The van der Waals surface area contributed by atoms with Crippen molar-refractivity contribution in [3.63, 3.8) is 0 Å². The maximum absolute atomic E-state index is 13.3. The molecule has 0 amide bonds. The number of rotatable bonds is 3. The fraction of sp³-hybridized carbons (Fsp3) is 0.421. The van der Waals surface area contributed by atoms with Gasteiger partial charge in [0.2, 0.25) is 0 Å². The molecule has 1 saturated carbocycles. The molecule has 0 spiro atoms. The predicted molar refractivity (Wildman–Crippen MR) is 87.4 cm³/mol. The van der Waals surface area contributed by atoms with E-state index in [1.165, 1.54) is 11.6 Å². The Bertz CT molecular complexity index is 684. The maximum Gasteiger partial charge on any atom is 0.338 e. The summed E-state index contributed by atoms with van der Waals surface area (Å²) >= 11 is 0. The molecule has 5 heteroatoms. The Balaban J connectivity index is 1.73. The molecule has 2 aliphatic rings. The second-order valence-corrected chi connectivity index (χ2v) is 6.46. The Morgan fingerprint density at radius 2 is 2.00 bits per heavy atom. The SMILES string of the molecule is CN1C=CC=C([C@@H]2CCCC[C@H]2OC(=O)c2ccc(F)c(F)c2)C1. The Labute approximate surface area is 140 Å². The molecule has 1 aromatic carbocycles. The summed E-state index contributed by atoms with van der Waals surface area (Å²) in [6.07, 6.45) is 9.77. The van der Waals surface area contributed by atoms with Crippen LogP contribution in [0.15, 0.2) is 42.1 Å². The third kappa shape index (κ3) is 3.66. The molecule has 0 aromatic heterocycles. The van der Waals surface area contributed by atoms with E-state index in [0.717, 1.165) is 44.4 Å². The highest BCUT2D eigenvalue weighted by Gasteiger charge is 2.32. The molecule has 0 saturated heterocycles. The second-order valence-electron chi connectivity index (χ2n) is 6.46. The van der Waals surface area contributed by atoms with E-state index >= 15 is 0 Å². The van der Waals surface area contributed by atoms with Crippen LogP contribution in [0.5, 0.6) is 0 Å². The van der Waals surface area contributed by atoms with Crippen LogP contribution in [-0.4, -0.2) is 30.6 Å². The van der Waals surface area contributed by atoms with E-state index in [-0.39, 0.29) is 17.6 Å². The van der Waals surface area contributed by atoms with Crippen molar-refractivity contribution in [1.29, 1.82) is 0 Å². The van der Waals surface area contributed by atoms with Gasteiger partial charge >= 0.3 is 5.97 Å². The minimum atomic E-state index is -1.04. The molecular formula is C19H21F2NO2. The van der Waals surface area contributed by atoms with Gasteiger partial charge in [-0.3, -0.25) is 0 Å². The average Bonchev–Trinajstić information content (AvgIpc) is 2.58. The van der Waals surface area contributed by atoms with Crippen molar-refractivity contribution in [3.05, 3.63) is 59.3 Å². The second kappa shape index (κ2) is 7.16. The van der Waals surface area contributed by atoms with Crippen LogP contribution >= 0.6 is 0 Å². The Kier molecular flexibility index (Phi) is 4.97. The van der Waals surface area contributed by atoms with Crippen molar-refractivity contribution >= 4 is 5.97 Å². The van der Waals surface area contributed by atoms with Gasteiger partial charge in [-0.25, -0.2) is 13.6 Å². The molecular weight excluding hydrogens is 312 g/mol. The molecule has 0 N–H and O–H groups in total. The molecule has 3 nitrogen and oxygen atoms in total. The fourth-order valence-corrected chi connectivity index (χ4v) is 3.44. The number of hydrogen-bond donors (Lipinski definition) is 0. The monoisotopic (exact) mass is 333 g/mol. The maximum atomic E-state index is 13.3. The summed E-state index contributed by atoms with van der Waals surface area (Å²) in [7, 11) is 2.01. The zero-order chi connectivity index (χ0) is 17.1. The first kappa shape index (κ1) is 16.7. The molecule has 1 aliphatic heterocycles. The number of allylic oxidation sites excluding steroid dienone is 2. The van der Waals surface area contributed by atoms with E-state index in [1.807, 2.05) is 19.3 Å². The average molecular weight is 333 g/mol. The van der Waals surface area contributed by atoms with Gasteiger partial charge in [0, 0.05) is 19.5 Å². The third-order valence-corrected chi connectivity index (χ3v) is 4.68. The molecule has 3 rings (SSSR count). The highest BCUT2D eigenvalue weighted by molar-refractivity contribution is 5.89. The number of carbonyl (C=O) groups is 1. The van der Waals surface area contributed by atoms with Gasteiger partial charge in [0.1, 0.15) is 6.10 Å². The van der Waals surface area contributed by atoms with E-state index in [1.54, 1.807) is 0 Å². The zero-order valence-electron chi connectivity index (χ0n) is 13.7. The molecule has 1 heterocycles. The Morgan fingerprint density at radius 1 is 1.21 bits per heavy atom. The highest BCUT2D eigenvalue weighted by atomic mass is 19.2. The lowest BCUT2D eigenvalue weighted by atomic mass is 9.80. The summed E-state index contributed by atoms with van der Waals surface area (Å²) in [4.78, 5) is 14.4. The highest BCUT2D eigenvalue weighted by Crippen LogP contribution is 2.34. The molecule has 0 radical (unpaired) electrons. The number of hydrogen-bond acceptors (Lipinski definition) is 3. The van der Waals surface area contributed by atoms with E-state index < -0.39 is 17.6 Å². The number of likely N-dealkylation sites (N-methyl/N-ethyl adjacent to an activating group) is 1. The van der Waals surface area contributed by atoms with E-state index in [4.69, 9.17) is 4.74 Å². The minimum Gasteiger partial charge on any atom is -0.458 e. The first-order chi connectivity index (χ1) is 11.5. The lowest BCUT2D eigenvalue weighted by Crippen LogP contribution is -2.34. The number of carbonyl (C=O) groups excluding carboxylic acids is 1. The van der Waals surface area contributed by atoms with Crippen LogP contribution < -0.4 is 0 Å². The first-order valence-corrected chi connectivity index (χ1v) is 8.28. The van der Waals surface area contributed by atoms with Gasteiger partial charge in [-0.05, 0) is 55.3 Å². The Hall–Kier alpha value is -2.17. The lowest BCUT2D eigenvalue weighted by Gasteiger charge is -2.35. The van der Waals surface area contributed by atoms with Crippen molar-refractivity contribution in [2.24, 2.45) is 5.92 Å². The van der Waals surface area contributed by atoms with Crippen molar-refractivity contribution in [2.45, 2.75) is 31.8 Å². The van der Waals surface area contributed by atoms with Crippen LogP contribution in [-0.2, 0) is 4.74 Å². The third-order valence-electron chi connectivity index (χ3n) is 4.68. The van der Waals surface area contributed by atoms with Gasteiger partial charge < -0.3 is 9.64 Å². The molecule has 1 fully saturated rings. The standard InChI is InChI=1S/C19H21F2NO2/c1-22-10-4-5-14(12-22)15-6-2-3-7-18(15)24-19(23)13-8-9-16(20)17(21)11-13/h4-5,8-11,15,18H,2-3,6-7,12H2,1H3/t15-,18+/m0/s1. The van der Waals surface area contributed by atoms with Crippen LogP contribution in [0.4, 0.5) is 8.78 Å². The van der Waals surface area contributed by atoms with Crippen molar-refractivity contribution in [3.8, 4) is 0 Å². The number of nitrogens with zero attached hydrogens (tertiary/aromatic N) is 1. The molecule has 1 aromatic rings. The van der Waals surface area contributed by atoms with Crippen molar-refractivity contribution < 1.29 is 18.3 Å². The van der Waals surface area contributed by atoms with Gasteiger partial charge in [0.05, 0.1) is 5.56 Å². The van der Waals surface area contributed by atoms with Crippen molar-refractivity contribution in [1.82, 2.24) is 4.90 Å². The number of esters is 1. The summed E-state index contributed by atoms with van der Waals surface area (Å²) in [5, 5.41) is 0. The van der Waals surface area contributed by atoms with Crippen LogP contribution in [0.2, 0.25) is 0 Å². The van der Waals surface area contributed by atoms with Gasteiger partial charge in [0.15, 0.2) is 11.6 Å². The molecule has 128 valence electrons. The number of benzene rings is 1.